The van der Waals surface area contributed by atoms with Crippen LogP contribution in [0.25, 0.3) is 0 Å². The van der Waals surface area contributed by atoms with E-state index in [1.807, 2.05) is 78.9 Å². The molecule has 3 aromatic rings. The Morgan fingerprint density at radius 1 is 0.968 bits per heavy atom. The third-order valence-electron chi connectivity index (χ3n) is 5.52. The van der Waals surface area contributed by atoms with Gasteiger partial charge in [-0.15, -0.1) is 0 Å². The van der Waals surface area contributed by atoms with Crippen molar-refractivity contribution in [3.05, 3.63) is 90.0 Å². The fourth-order valence-electron chi connectivity index (χ4n) is 3.66. The molecule has 0 aliphatic carbocycles. The minimum absolute atomic E-state index is 0.0194. The summed E-state index contributed by atoms with van der Waals surface area (Å²) in [5, 5.41) is 2.92. The van der Waals surface area contributed by atoms with Gasteiger partial charge in [-0.3, -0.25) is 9.59 Å². The molecule has 5 heteroatoms. The third kappa shape index (κ3) is 5.12. The van der Waals surface area contributed by atoms with Crippen LogP contribution in [0.15, 0.2) is 78.9 Å². The smallest absolute Gasteiger partial charge is 0.229 e. The number of anilines is 2. The van der Waals surface area contributed by atoms with Crippen LogP contribution in [0.5, 0.6) is 5.75 Å². The molecule has 2 amide bonds. The molecule has 5 nitrogen and oxygen atoms in total. The summed E-state index contributed by atoms with van der Waals surface area (Å²) in [4.78, 5) is 26.9. The molecule has 0 saturated carbocycles. The van der Waals surface area contributed by atoms with Crippen molar-refractivity contribution in [3.8, 4) is 5.75 Å². The van der Waals surface area contributed by atoms with Gasteiger partial charge in [0.15, 0.2) is 0 Å². The van der Waals surface area contributed by atoms with Crippen molar-refractivity contribution in [2.24, 2.45) is 5.92 Å². The zero-order valence-corrected chi connectivity index (χ0v) is 17.6. The Kier molecular flexibility index (Phi) is 6.32. The second kappa shape index (κ2) is 9.47. The Bertz CT molecular complexity index is 1030. The largest absolute Gasteiger partial charge is 0.489 e. The van der Waals surface area contributed by atoms with Crippen LogP contribution < -0.4 is 15.0 Å². The van der Waals surface area contributed by atoms with Crippen molar-refractivity contribution < 1.29 is 14.3 Å². The molecular formula is C26H26N2O3. The van der Waals surface area contributed by atoms with E-state index >= 15 is 0 Å². The molecule has 158 valence electrons. The molecule has 0 aromatic heterocycles. The quantitative estimate of drug-likeness (QED) is 0.603. The van der Waals surface area contributed by atoms with Crippen LogP contribution in [0.2, 0.25) is 0 Å². The average Bonchev–Trinajstić information content (AvgIpc) is 3.21. The predicted octanol–water partition coefficient (Wildman–Crippen LogP) is 4.82. The van der Waals surface area contributed by atoms with E-state index in [-0.39, 0.29) is 24.2 Å². The van der Waals surface area contributed by atoms with Gasteiger partial charge in [-0.2, -0.15) is 0 Å². The summed E-state index contributed by atoms with van der Waals surface area (Å²) < 4.78 is 5.78. The van der Waals surface area contributed by atoms with E-state index in [9.17, 15) is 9.59 Å². The number of carbonyl (C=O) groups is 2. The Morgan fingerprint density at radius 2 is 1.68 bits per heavy atom. The lowest BCUT2D eigenvalue weighted by molar-refractivity contribution is -0.122. The van der Waals surface area contributed by atoms with E-state index < -0.39 is 0 Å². The summed E-state index contributed by atoms with van der Waals surface area (Å²) >= 11 is 0. The first-order valence-electron chi connectivity index (χ1n) is 10.6. The van der Waals surface area contributed by atoms with Gasteiger partial charge in [0.05, 0.1) is 5.92 Å². The van der Waals surface area contributed by atoms with E-state index in [2.05, 4.69) is 12.2 Å². The number of amides is 2. The number of hydrogen-bond donors (Lipinski definition) is 1. The van der Waals surface area contributed by atoms with Gasteiger partial charge in [-0.25, -0.2) is 0 Å². The molecule has 1 aliphatic heterocycles. The molecule has 1 saturated heterocycles. The minimum Gasteiger partial charge on any atom is -0.489 e. The molecule has 0 bridgehead atoms. The fourth-order valence-corrected chi connectivity index (χ4v) is 3.66. The normalized spacial score (nSPS) is 15.7. The molecule has 1 heterocycles. The number of nitrogens with zero attached hydrogens (tertiary/aromatic N) is 1. The maximum Gasteiger partial charge on any atom is 0.229 e. The summed E-state index contributed by atoms with van der Waals surface area (Å²) in [7, 11) is 0. The van der Waals surface area contributed by atoms with E-state index in [1.54, 1.807) is 4.90 Å². The molecule has 1 unspecified atom stereocenters. The average molecular weight is 415 g/mol. The number of hydrogen-bond acceptors (Lipinski definition) is 3. The van der Waals surface area contributed by atoms with Gasteiger partial charge in [0, 0.05) is 24.3 Å². The summed E-state index contributed by atoms with van der Waals surface area (Å²) in [6.45, 7) is 2.98. The van der Waals surface area contributed by atoms with Crippen molar-refractivity contribution in [3.63, 3.8) is 0 Å². The highest BCUT2D eigenvalue weighted by Crippen LogP contribution is 2.27. The monoisotopic (exact) mass is 414 g/mol. The number of carbonyl (C=O) groups excluding carboxylic acids is 2. The van der Waals surface area contributed by atoms with Crippen LogP contribution in [-0.2, 0) is 22.6 Å². The lowest BCUT2D eigenvalue weighted by Gasteiger charge is -2.17. The Balaban J connectivity index is 1.32. The van der Waals surface area contributed by atoms with Gasteiger partial charge in [-0.05, 0) is 53.9 Å². The first kappa shape index (κ1) is 20.7. The number of benzene rings is 3. The summed E-state index contributed by atoms with van der Waals surface area (Å²) in [6, 6.07) is 25.2. The zero-order chi connectivity index (χ0) is 21.6. The van der Waals surface area contributed by atoms with E-state index in [0.29, 0.717) is 18.8 Å². The second-order valence-corrected chi connectivity index (χ2v) is 7.71. The van der Waals surface area contributed by atoms with Crippen LogP contribution in [-0.4, -0.2) is 18.4 Å². The molecular weight excluding hydrogens is 388 g/mol. The van der Waals surface area contributed by atoms with Crippen molar-refractivity contribution in [2.75, 3.05) is 16.8 Å². The standard InChI is InChI=1S/C26H26N2O3/c1-2-19-8-12-23(13-9-19)28-17-21(16-25(28)29)26(30)27-22-10-14-24(15-11-22)31-18-20-6-4-3-5-7-20/h3-15,21H,2,16-18H2,1H3,(H,27,30). The highest BCUT2D eigenvalue weighted by atomic mass is 16.5. The van der Waals surface area contributed by atoms with Crippen molar-refractivity contribution >= 4 is 23.2 Å². The Hall–Kier alpha value is -3.60. The maximum atomic E-state index is 12.7. The number of ether oxygens (including phenoxy) is 1. The van der Waals surface area contributed by atoms with E-state index in [0.717, 1.165) is 23.4 Å². The summed E-state index contributed by atoms with van der Waals surface area (Å²) in [5.41, 5.74) is 3.85. The van der Waals surface area contributed by atoms with Crippen LogP contribution >= 0.6 is 0 Å². The van der Waals surface area contributed by atoms with Crippen LogP contribution in [0.4, 0.5) is 11.4 Å². The van der Waals surface area contributed by atoms with Crippen LogP contribution in [0.1, 0.15) is 24.5 Å². The first-order valence-corrected chi connectivity index (χ1v) is 10.6. The van der Waals surface area contributed by atoms with Crippen molar-refractivity contribution in [1.29, 1.82) is 0 Å². The van der Waals surface area contributed by atoms with Crippen LogP contribution in [0, 0.1) is 5.92 Å². The number of aryl methyl sites for hydroxylation is 1. The molecule has 4 rings (SSSR count). The molecule has 3 aromatic carbocycles. The van der Waals surface area contributed by atoms with E-state index in [4.69, 9.17) is 4.74 Å². The fraction of sp³-hybridized carbons (Fsp3) is 0.231. The zero-order valence-electron chi connectivity index (χ0n) is 17.6. The summed E-state index contributed by atoms with van der Waals surface area (Å²) in [5.74, 6) is 0.208. The molecule has 1 N–H and O–H groups in total. The van der Waals surface area contributed by atoms with Crippen molar-refractivity contribution in [2.45, 2.75) is 26.4 Å². The van der Waals surface area contributed by atoms with Gasteiger partial charge in [0.1, 0.15) is 12.4 Å². The van der Waals surface area contributed by atoms with Crippen molar-refractivity contribution in [1.82, 2.24) is 0 Å². The summed E-state index contributed by atoms with van der Waals surface area (Å²) in [6.07, 6.45) is 1.18. The Morgan fingerprint density at radius 3 is 2.35 bits per heavy atom. The molecule has 31 heavy (non-hydrogen) atoms. The first-order chi connectivity index (χ1) is 15.1. The van der Waals surface area contributed by atoms with Gasteiger partial charge < -0.3 is 15.0 Å². The highest BCUT2D eigenvalue weighted by molar-refractivity contribution is 6.03. The molecule has 1 aliphatic rings. The third-order valence-corrected chi connectivity index (χ3v) is 5.52. The van der Waals surface area contributed by atoms with Gasteiger partial charge in [-0.1, -0.05) is 49.4 Å². The molecule has 1 fully saturated rings. The maximum absolute atomic E-state index is 12.7. The Labute approximate surface area is 182 Å². The second-order valence-electron chi connectivity index (χ2n) is 7.71. The molecule has 0 spiro atoms. The predicted molar refractivity (Wildman–Crippen MR) is 122 cm³/mol. The van der Waals surface area contributed by atoms with Gasteiger partial charge in [0.2, 0.25) is 11.8 Å². The lowest BCUT2D eigenvalue weighted by Crippen LogP contribution is -2.28. The minimum atomic E-state index is -0.368. The molecule has 0 radical (unpaired) electrons. The van der Waals surface area contributed by atoms with Crippen LogP contribution in [0.3, 0.4) is 0 Å². The van der Waals surface area contributed by atoms with E-state index in [1.165, 1.54) is 5.56 Å². The van der Waals surface area contributed by atoms with Gasteiger partial charge in [0.25, 0.3) is 0 Å². The highest BCUT2D eigenvalue weighted by Gasteiger charge is 2.35. The molecule has 1 atom stereocenters. The lowest BCUT2D eigenvalue weighted by atomic mass is 10.1. The SMILES string of the molecule is CCc1ccc(N2CC(C(=O)Nc3ccc(OCc4ccccc4)cc3)CC2=O)cc1. The van der Waals surface area contributed by atoms with Gasteiger partial charge >= 0.3 is 0 Å². The number of nitrogens with one attached hydrogen (secondary N) is 1. The topological polar surface area (TPSA) is 58.6 Å². The number of rotatable bonds is 7.